The lowest BCUT2D eigenvalue weighted by Gasteiger charge is -2.13. The zero-order valence-electron chi connectivity index (χ0n) is 11.1. The number of nitrogens with one attached hydrogen (secondary N) is 1. The van der Waals surface area contributed by atoms with E-state index < -0.39 is 6.10 Å². The summed E-state index contributed by atoms with van der Waals surface area (Å²) in [6, 6.07) is 11.4. The minimum atomic E-state index is -0.580. The molecule has 2 aromatic heterocycles. The molecule has 2 N–H and O–H groups in total. The maximum Gasteiger partial charge on any atom is 0.254 e. The van der Waals surface area contributed by atoms with E-state index in [1.165, 1.54) is 6.33 Å². The van der Waals surface area contributed by atoms with Gasteiger partial charge in [-0.2, -0.15) is 14.6 Å². The maximum atomic E-state index is 10.2. The van der Waals surface area contributed by atoms with E-state index in [-0.39, 0.29) is 0 Å². The molecule has 0 saturated carbocycles. The molecule has 1 aromatic carbocycles. The van der Waals surface area contributed by atoms with Crippen molar-refractivity contribution in [1.82, 2.24) is 19.6 Å². The summed E-state index contributed by atoms with van der Waals surface area (Å²) in [5, 5.41) is 17.4. The summed E-state index contributed by atoms with van der Waals surface area (Å²) in [7, 11) is 0. The highest BCUT2D eigenvalue weighted by atomic mass is 16.3. The largest absolute Gasteiger partial charge is 0.387 e. The summed E-state index contributed by atoms with van der Waals surface area (Å²) >= 11 is 0. The molecule has 3 aromatic rings. The highest BCUT2D eigenvalue weighted by molar-refractivity contribution is 5.44. The van der Waals surface area contributed by atoms with Crippen LogP contribution in [0.5, 0.6) is 0 Å². The third-order valence-electron chi connectivity index (χ3n) is 3.04. The molecule has 0 fully saturated rings. The normalized spacial score (nSPS) is 12.5. The molecule has 6 nitrogen and oxygen atoms in total. The van der Waals surface area contributed by atoms with Crippen molar-refractivity contribution in [3.63, 3.8) is 0 Å². The molecule has 0 amide bonds. The van der Waals surface area contributed by atoms with Gasteiger partial charge in [0.2, 0.25) is 0 Å². The average Bonchev–Trinajstić information content (AvgIpc) is 2.93. The zero-order chi connectivity index (χ0) is 13.9. The minimum absolute atomic E-state index is 0.391. The fourth-order valence-electron chi connectivity index (χ4n) is 2.05. The molecule has 102 valence electrons. The molecule has 0 bridgehead atoms. The lowest BCUT2D eigenvalue weighted by molar-refractivity contribution is 0.191. The Labute approximate surface area is 116 Å². The fraction of sp³-hybridized carbons (Fsp3) is 0.214. The Balaban J connectivity index is 1.78. The first-order chi connectivity index (χ1) is 9.74. The molecule has 6 heteroatoms. The lowest BCUT2D eigenvalue weighted by Crippen LogP contribution is -2.15. The first-order valence-corrected chi connectivity index (χ1v) is 6.38. The van der Waals surface area contributed by atoms with E-state index >= 15 is 0 Å². The quantitative estimate of drug-likeness (QED) is 0.752. The van der Waals surface area contributed by atoms with Gasteiger partial charge in [0.15, 0.2) is 0 Å². The summed E-state index contributed by atoms with van der Waals surface area (Å²) in [5.41, 5.74) is 1.72. The number of hydrogen-bond donors (Lipinski definition) is 2. The second-order valence-electron chi connectivity index (χ2n) is 4.56. The van der Waals surface area contributed by atoms with Gasteiger partial charge in [-0.3, -0.25) is 0 Å². The predicted molar refractivity (Wildman–Crippen MR) is 75.4 cm³/mol. The van der Waals surface area contributed by atoms with Crippen LogP contribution in [0, 0.1) is 6.92 Å². The predicted octanol–water partition coefficient (Wildman–Crippen LogP) is 1.58. The van der Waals surface area contributed by atoms with E-state index in [9.17, 15) is 5.11 Å². The van der Waals surface area contributed by atoms with Gasteiger partial charge in [-0.05, 0) is 12.5 Å². The standard InChI is InChI=1S/C14H15N5O/c1-10-7-13(19-14(18-10)16-9-17-19)15-8-12(20)11-5-3-2-4-6-11/h2-7,9,12,15,20H,8H2,1H3/t12-/m0/s1. The Hall–Kier alpha value is -2.47. The SMILES string of the molecule is Cc1cc(NC[C@H](O)c2ccccc2)n2ncnc2n1. The zero-order valence-corrected chi connectivity index (χ0v) is 11.1. The number of benzene rings is 1. The van der Waals surface area contributed by atoms with E-state index in [2.05, 4.69) is 20.4 Å². The highest BCUT2D eigenvalue weighted by Crippen LogP contribution is 2.15. The molecule has 0 aliphatic rings. The molecule has 2 heterocycles. The van der Waals surface area contributed by atoms with E-state index in [4.69, 9.17) is 0 Å². The van der Waals surface area contributed by atoms with Gasteiger partial charge in [0.1, 0.15) is 12.1 Å². The van der Waals surface area contributed by atoms with Crippen LogP contribution in [0.4, 0.5) is 5.82 Å². The van der Waals surface area contributed by atoms with E-state index in [1.807, 2.05) is 43.3 Å². The Morgan fingerprint density at radius 3 is 2.90 bits per heavy atom. The Morgan fingerprint density at radius 1 is 1.30 bits per heavy atom. The molecule has 0 radical (unpaired) electrons. The number of hydrogen-bond acceptors (Lipinski definition) is 5. The first-order valence-electron chi connectivity index (χ1n) is 6.38. The Kier molecular flexibility index (Phi) is 3.30. The molecular weight excluding hydrogens is 254 g/mol. The second-order valence-corrected chi connectivity index (χ2v) is 4.56. The highest BCUT2D eigenvalue weighted by Gasteiger charge is 2.09. The number of aryl methyl sites for hydroxylation is 1. The average molecular weight is 269 g/mol. The molecule has 0 unspecified atom stereocenters. The van der Waals surface area contributed by atoms with Crippen LogP contribution < -0.4 is 5.32 Å². The van der Waals surface area contributed by atoms with Crippen molar-refractivity contribution in [2.75, 3.05) is 11.9 Å². The van der Waals surface area contributed by atoms with Crippen molar-refractivity contribution in [1.29, 1.82) is 0 Å². The Morgan fingerprint density at radius 2 is 2.10 bits per heavy atom. The van der Waals surface area contributed by atoms with Crippen LogP contribution >= 0.6 is 0 Å². The van der Waals surface area contributed by atoms with Gasteiger partial charge >= 0.3 is 0 Å². The number of aromatic nitrogens is 4. The van der Waals surface area contributed by atoms with Crippen molar-refractivity contribution >= 4 is 11.6 Å². The molecule has 0 spiro atoms. The van der Waals surface area contributed by atoms with Crippen LogP contribution in [0.2, 0.25) is 0 Å². The summed E-state index contributed by atoms with van der Waals surface area (Å²) in [5.74, 6) is 1.31. The lowest BCUT2D eigenvalue weighted by atomic mass is 10.1. The van der Waals surface area contributed by atoms with Gasteiger partial charge in [-0.15, -0.1) is 0 Å². The van der Waals surface area contributed by atoms with Crippen molar-refractivity contribution in [3.05, 3.63) is 54.0 Å². The van der Waals surface area contributed by atoms with Crippen LogP contribution in [0.25, 0.3) is 5.78 Å². The summed E-state index contributed by atoms with van der Waals surface area (Å²) in [6.45, 7) is 2.29. The molecule has 0 aliphatic heterocycles. The number of aliphatic hydroxyl groups is 1. The molecule has 0 aliphatic carbocycles. The third kappa shape index (κ3) is 2.46. The van der Waals surface area contributed by atoms with Crippen LogP contribution in [-0.2, 0) is 0 Å². The van der Waals surface area contributed by atoms with Crippen molar-refractivity contribution in [2.45, 2.75) is 13.0 Å². The number of rotatable bonds is 4. The fourth-order valence-corrected chi connectivity index (χ4v) is 2.05. The van der Waals surface area contributed by atoms with Crippen LogP contribution in [0.3, 0.4) is 0 Å². The van der Waals surface area contributed by atoms with Crippen LogP contribution in [-0.4, -0.2) is 31.2 Å². The van der Waals surface area contributed by atoms with Crippen LogP contribution in [0.1, 0.15) is 17.4 Å². The van der Waals surface area contributed by atoms with E-state index in [1.54, 1.807) is 4.52 Å². The number of aliphatic hydroxyl groups excluding tert-OH is 1. The van der Waals surface area contributed by atoms with Gasteiger partial charge < -0.3 is 10.4 Å². The van der Waals surface area contributed by atoms with Crippen molar-refractivity contribution in [2.24, 2.45) is 0 Å². The summed E-state index contributed by atoms with van der Waals surface area (Å²) in [4.78, 5) is 8.33. The van der Waals surface area contributed by atoms with E-state index in [0.29, 0.717) is 12.3 Å². The number of nitrogens with zero attached hydrogens (tertiary/aromatic N) is 4. The topological polar surface area (TPSA) is 75.3 Å². The number of anilines is 1. The molecule has 1 atom stereocenters. The van der Waals surface area contributed by atoms with Gasteiger partial charge in [0.05, 0.1) is 6.10 Å². The third-order valence-corrected chi connectivity index (χ3v) is 3.04. The number of fused-ring (bicyclic) bond motifs is 1. The molecule has 0 saturated heterocycles. The molecule has 20 heavy (non-hydrogen) atoms. The van der Waals surface area contributed by atoms with Gasteiger partial charge in [0, 0.05) is 18.3 Å². The van der Waals surface area contributed by atoms with Crippen LogP contribution in [0.15, 0.2) is 42.7 Å². The van der Waals surface area contributed by atoms with Gasteiger partial charge in [0.25, 0.3) is 5.78 Å². The Bertz CT molecular complexity index is 710. The van der Waals surface area contributed by atoms with Crippen molar-refractivity contribution in [3.8, 4) is 0 Å². The first kappa shape index (κ1) is 12.6. The van der Waals surface area contributed by atoms with Crippen molar-refractivity contribution < 1.29 is 5.11 Å². The van der Waals surface area contributed by atoms with E-state index in [0.717, 1.165) is 17.1 Å². The van der Waals surface area contributed by atoms with Gasteiger partial charge in [-0.1, -0.05) is 30.3 Å². The molecular formula is C14H15N5O. The smallest absolute Gasteiger partial charge is 0.254 e. The van der Waals surface area contributed by atoms with Gasteiger partial charge in [-0.25, -0.2) is 4.98 Å². The monoisotopic (exact) mass is 269 g/mol. The summed E-state index contributed by atoms with van der Waals surface area (Å²) in [6.07, 6.45) is 0.879. The second kappa shape index (κ2) is 5.26. The summed E-state index contributed by atoms with van der Waals surface area (Å²) < 4.78 is 1.62. The minimum Gasteiger partial charge on any atom is -0.387 e. The maximum absolute atomic E-state index is 10.2. The molecule has 3 rings (SSSR count).